The number of phosphoric acid groups is 1. The molecule has 0 aliphatic rings. The molecule has 0 bridgehead atoms. The van der Waals surface area contributed by atoms with E-state index in [1.807, 2.05) is 34.1 Å². The van der Waals surface area contributed by atoms with E-state index in [0.29, 0.717) is 17.4 Å². The maximum Gasteiger partial charge on any atom is 0.472 e. The van der Waals surface area contributed by atoms with E-state index in [1.165, 1.54) is 109 Å². The Hall–Kier alpha value is -3.10. The highest BCUT2D eigenvalue weighted by molar-refractivity contribution is 7.47. The average Bonchev–Trinajstić information content (AvgIpc) is 3.34. The smallest absolute Gasteiger partial charge is 0.387 e. The molecule has 0 saturated heterocycles. The predicted octanol–water partition coefficient (Wildman–Crippen LogP) is 17.8. The van der Waals surface area contributed by atoms with E-state index in [4.69, 9.17) is 9.05 Å². The van der Waals surface area contributed by atoms with Crippen LogP contribution in [0.2, 0.25) is 0 Å². The lowest BCUT2D eigenvalue weighted by molar-refractivity contribution is -0.870. The van der Waals surface area contributed by atoms with Gasteiger partial charge < -0.3 is 19.8 Å². The van der Waals surface area contributed by atoms with Crippen LogP contribution in [0.4, 0.5) is 0 Å². The Morgan fingerprint density at radius 1 is 0.500 bits per heavy atom. The van der Waals surface area contributed by atoms with Gasteiger partial charge in [-0.25, -0.2) is 4.57 Å². The van der Waals surface area contributed by atoms with Crippen molar-refractivity contribution in [2.45, 2.75) is 231 Å². The van der Waals surface area contributed by atoms with Crippen LogP contribution in [0.1, 0.15) is 219 Å². The molecule has 0 spiro atoms. The first-order valence-corrected chi connectivity index (χ1v) is 30.4. The molecule has 0 heterocycles. The molecule has 0 aromatic carbocycles. The number of unbranched alkanes of at least 4 members (excludes halogenated alkanes) is 21. The number of likely N-dealkylation sites (N-methyl/N-ethyl adjacent to an activating group) is 1. The number of nitrogens with one attached hydrogen (secondary N) is 1. The van der Waals surface area contributed by atoms with Crippen LogP contribution in [-0.2, 0) is 18.4 Å². The van der Waals surface area contributed by atoms with E-state index < -0.39 is 20.0 Å². The van der Waals surface area contributed by atoms with Crippen LogP contribution >= 0.6 is 7.82 Å². The number of hydrogen-bond acceptors (Lipinski definition) is 5. The van der Waals surface area contributed by atoms with Crippen molar-refractivity contribution in [3.05, 3.63) is 122 Å². The van der Waals surface area contributed by atoms with Gasteiger partial charge in [0, 0.05) is 6.42 Å². The molecular formula is C63H110N2O6P+. The molecule has 0 rings (SSSR count). The standard InChI is InChI=1S/C63H109N2O6P/c1-6-8-10-12-14-16-17-18-19-20-21-22-23-24-25-26-27-28-29-30-31-32-33-34-35-36-37-38-39-40-41-42-43-44-45-46-47-49-51-53-55-57-63(67)64-61(60-71-72(68,69)70-59-58-65(3,4)5)62(66)56-54-52-50-48-15-13-11-9-7-2/h7-10,14-16,18-19,21-22,24-25,27-28,30-31,48,54,56,61-62,66H,6,11-13,17,20,23,26,29,32-47,49-53,55,57-60H2,1-5H3,(H-,64,67,68,69)/p+1/b9-7+,10-8-,16-14-,19-18-,22-21-,25-24-,28-27-,31-30-,48-15+,56-54+. The first-order chi connectivity index (χ1) is 35.0. The molecule has 0 aromatic rings. The molecule has 8 nitrogen and oxygen atoms in total. The van der Waals surface area contributed by atoms with Gasteiger partial charge in [0.05, 0.1) is 39.9 Å². The normalized spacial score (nSPS) is 14.8. The summed E-state index contributed by atoms with van der Waals surface area (Å²) in [5, 5.41) is 13.8. The van der Waals surface area contributed by atoms with Crippen molar-refractivity contribution in [1.82, 2.24) is 5.32 Å². The average molecular weight is 1020 g/mol. The maximum absolute atomic E-state index is 12.9. The van der Waals surface area contributed by atoms with Gasteiger partial charge in [0.15, 0.2) is 0 Å². The van der Waals surface area contributed by atoms with Gasteiger partial charge in [-0.1, -0.05) is 238 Å². The molecular weight excluding hydrogens is 912 g/mol. The second kappa shape index (κ2) is 52.8. The molecule has 412 valence electrons. The van der Waals surface area contributed by atoms with Crippen molar-refractivity contribution in [1.29, 1.82) is 0 Å². The molecule has 3 N–H and O–H groups in total. The molecule has 1 amide bonds. The Morgan fingerprint density at radius 2 is 0.861 bits per heavy atom. The lowest BCUT2D eigenvalue weighted by atomic mass is 10.0. The lowest BCUT2D eigenvalue weighted by Gasteiger charge is -2.25. The number of quaternary nitrogens is 1. The first-order valence-electron chi connectivity index (χ1n) is 28.9. The minimum Gasteiger partial charge on any atom is -0.387 e. The number of allylic oxidation sites excluding steroid dienone is 19. The van der Waals surface area contributed by atoms with E-state index in [2.05, 4.69) is 122 Å². The highest BCUT2D eigenvalue weighted by Gasteiger charge is 2.27. The molecule has 0 aliphatic heterocycles. The lowest BCUT2D eigenvalue weighted by Crippen LogP contribution is -2.45. The minimum absolute atomic E-state index is 0.0496. The Morgan fingerprint density at radius 3 is 1.28 bits per heavy atom. The zero-order valence-electron chi connectivity index (χ0n) is 46.9. The van der Waals surface area contributed by atoms with Gasteiger partial charge in [-0.2, -0.15) is 0 Å². The van der Waals surface area contributed by atoms with Crippen LogP contribution in [0.3, 0.4) is 0 Å². The van der Waals surface area contributed by atoms with Crippen LogP contribution in [0, 0.1) is 0 Å². The molecule has 3 atom stereocenters. The summed E-state index contributed by atoms with van der Waals surface area (Å²) >= 11 is 0. The fourth-order valence-corrected chi connectivity index (χ4v) is 8.50. The SMILES string of the molecule is C/C=C/CC/C=C/CC/C=C/C(O)C(COP(=O)(O)OCC[N+](C)(C)C)NC(=O)CCCCCCCCCCCCCCCCCCCCC/C=C\C/C=C\C/C=C\C/C=C\C/C=C\C/C=C\C/C=C\CC. The number of nitrogens with zero attached hydrogens (tertiary/aromatic N) is 1. The van der Waals surface area contributed by atoms with Gasteiger partial charge in [-0.15, -0.1) is 0 Å². The van der Waals surface area contributed by atoms with Crippen LogP contribution in [0.5, 0.6) is 0 Å². The Bertz CT molecular complexity index is 1580. The van der Waals surface area contributed by atoms with Gasteiger partial charge in [0.2, 0.25) is 5.91 Å². The molecule has 0 fully saturated rings. The van der Waals surface area contributed by atoms with Gasteiger partial charge >= 0.3 is 7.82 Å². The van der Waals surface area contributed by atoms with Crippen LogP contribution in [0.15, 0.2) is 122 Å². The van der Waals surface area contributed by atoms with Crippen LogP contribution in [-0.4, -0.2) is 73.4 Å². The van der Waals surface area contributed by atoms with Crippen molar-refractivity contribution in [3.63, 3.8) is 0 Å². The second-order valence-corrected chi connectivity index (χ2v) is 21.7. The highest BCUT2D eigenvalue weighted by atomic mass is 31.2. The number of rotatable bonds is 51. The quantitative estimate of drug-likeness (QED) is 0.0243. The number of aliphatic hydroxyl groups is 1. The topological polar surface area (TPSA) is 105 Å². The van der Waals surface area contributed by atoms with Crippen molar-refractivity contribution < 1.29 is 32.9 Å². The molecule has 3 unspecified atom stereocenters. The van der Waals surface area contributed by atoms with Gasteiger partial charge in [-0.05, 0) is 96.8 Å². The number of carbonyl (C=O) groups is 1. The number of hydrogen-bond donors (Lipinski definition) is 3. The summed E-state index contributed by atoms with van der Waals surface area (Å²) in [6.07, 6.45) is 79.3. The number of amides is 1. The van der Waals surface area contributed by atoms with E-state index in [1.54, 1.807) is 6.08 Å². The second-order valence-electron chi connectivity index (χ2n) is 20.3. The van der Waals surface area contributed by atoms with Gasteiger partial charge in [0.25, 0.3) is 0 Å². The third kappa shape index (κ3) is 54.7. The van der Waals surface area contributed by atoms with Crippen molar-refractivity contribution in [2.75, 3.05) is 40.9 Å². The largest absolute Gasteiger partial charge is 0.472 e. The Kier molecular flexibility index (Phi) is 50.5. The third-order valence-electron chi connectivity index (χ3n) is 12.2. The van der Waals surface area contributed by atoms with Gasteiger partial charge in [0.1, 0.15) is 13.2 Å². The van der Waals surface area contributed by atoms with Gasteiger partial charge in [-0.3, -0.25) is 13.8 Å². The zero-order chi connectivity index (χ0) is 52.7. The van der Waals surface area contributed by atoms with Crippen molar-refractivity contribution >= 4 is 13.7 Å². The zero-order valence-corrected chi connectivity index (χ0v) is 47.8. The van der Waals surface area contributed by atoms with E-state index in [-0.39, 0.29) is 19.1 Å². The first kappa shape index (κ1) is 68.9. The Balaban J connectivity index is 3.88. The van der Waals surface area contributed by atoms with Crippen LogP contribution in [0.25, 0.3) is 0 Å². The highest BCUT2D eigenvalue weighted by Crippen LogP contribution is 2.43. The van der Waals surface area contributed by atoms with E-state index >= 15 is 0 Å². The number of carbonyl (C=O) groups excluding carboxylic acids is 1. The monoisotopic (exact) mass is 1020 g/mol. The number of phosphoric ester groups is 1. The molecule has 72 heavy (non-hydrogen) atoms. The maximum atomic E-state index is 12.9. The number of aliphatic hydroxyl groups excluding tert-OH is 1. The third-order valence-corrected chi connectivity index (χ3v) is 13.2. The van der Waals surface area contributed by atoms with Crippen LogP contribution < -0.4 is 5.32 Å². The molecule has 0 saturated carbocycles. The Labute approximate surface area is 444 Å². The summed E-state index contributed by atoms with van der Waals surface area (Å²) in [4.78, 5) is 23.1. The minimum atomic E-state index is -4.35. The molecule has 0 radical (unpaired) electrons. The van der Waals surface area contributed by atoms with E-state index in [9.17, 15) is 19.4 Å². The summed E-state index contributed by atoms with van der Waals surface area (Å²) < 4.78 is 23.5. The fourth-order valence-electron chi connectivity index (χ4n) is 7.77. The fraction of sp³-hybridized carbons (Fsp3) is 0.667. The summed E-state index contributed by atoms with van der Waals surface area (Å²) in [5.41, 5.74) is 0. The summed E-state index contributed by atoms with van der Waals surface area (Å²) in [6, 6.07) is -0.872. The molecule has 0 aromatic heterocycles. The van der Waals surface area contributed by atoms with Crippen molar-refractivity contribution in [2.24, 2.45) is 0 Å². The van der Waals surface area contributed by atoms with E-state index in [0.717, 1.165) is 89.9 Å². The molecule has 0 aliphatic carbocycles. The summed E-state index contributed by atoms with van der Waals surface area (Å²) in [7, 11) is 1.53. The summed E-state index contributed by atoms with van der Waals surface area (Å²) in [6.45, 7) is 4.42. The summed E-state index contributed by atoms with van der Waals surface area (Å²) in [5.74, 6) is -0.197. The predicted molar refractivity (Wildman–Crippen MR) is 313 cm³/mol. The van der Waals surface area contributed by atoms with Crippen molar-refractivity contribution in [3.8, 4) is 0 Å². The molecule has 9 heteroatoms.